The Morgan fingerprint density at radius 2 is 2.06 bits per heavy atom. The van der Waals surface area contributed by atoms with Gasteiger partial charge in [0.15, 0.2) is 0 Å². The van der Waals surface area contributed by atoms with Crippen LogP contribution in [0.4, 0.5) is 10.5 Å². The molecule has 0 spiro atoms. The molecule has 2 aromatic rings. The van der Waals surface area contributed by atoms with E-state index < -0.39 is 0 Å². The predicted molar refractivity (Wildman–Crippen MR) is 71.5 cm³/mol. The number of benzene rings is 1. The predicted octanol–water partition coefficient (Wildman–Crippen LogP) is 2.38. The highest BCUT2D eigenvalue weighted by Gasteiger charge is 2.25. The quantitative estimate of drug-likeness (QED) is 0.849. The number of fused-ring (bicyclic) bond motifs is 1. The van der Waals surface area contributed by atoms with Crippen LogP contribution in [0.25, 0.3) is 10.9 Å². The number of amides is 3. The van der Waals surface area contributed by atoms with Crippen molar-refractivity contribution in [3.05, 3.63) is 28.9 Å². The summed E-state index contributed by atoms with van der Waals surface area (Å²) in [6.45, 7) is 0.403. The summed E-state index contributed by atoms with van der Waals surface area (Å²) in [5.74, 6) is -0.226. The van der Waals surface area contributed by atoms with E-state index in [-0.39, 0.29) is 11.9 Å². The van der Waals surface area contributed by atoms with E-state index >= 15 is 0 Å². The lowest BCUT2D eigenvalue weighted by Gasteiger charge is -2.27. The van der Waals surface area contributed by atoms with Crippen LogP contribution in [-0.4, -0.2) is 23.5 Å². The fourth-order valence-corrected chi connectivity index (χ4v) is 2.59. The summed E-state index contributed by atoms with van der Waals surface area (Å²) in [6.07, 6.45) is 2.15. The number of aromatic nitrogens is 1. The van der Waals surface area contributed by atoms with Crippen molar-refractivity contribution in [3.63, 3.8) is 0 Å². The molecule has 2 N–H and O–H groups in total. The second-order valence-electron chi connectivity index (χ2n) is 4.09. The number of imide groups is 1. The number of nitrogens with zero attached hydrogens (tertiary/aromatic N) is 1. The summed E-state index contributed by atoms with van der Waals surface area (Å²) in [7, 11) is 0. The number of nitrogens with one attached hydrogen (secondary N) is 2. The Bertz CT molecular complexity index is 650. The van der Waals surface area contributed by atoms with E-state index in [1.165, 1.54) is 0 Å². The normalized spacial score (nSPS) is 16.2. The molecule has 1 saturated heterocycles. The average Bonchev–Trinajstić information content (AvgIpc) is 2.81. The highest BCUT2D eigenvalue weighted by molar-refractivity contribution is 9.10. The summed E-state index contributed by atoms with van der Waals surface area (Å²) in [4.78, 5) is 27.7. The first-order valence-electron chi connectivity index (χ1n) is 5.54. The van der Waals surface area contributed by atoms with Crippen molar-refractivity contribution in [1.29, 1.82) is 0 Å². The van der Waals surface area contributed by atoms with Gasteiger partial charge in [-0.15, -0.1) is 0 Å². The van der Waals surface area contributed by atoms with Crippen LogP contribution >= 0.6 is 15.9 Å². The molecule has 1 aromatic carbocycles. The summed E-state index contributed by atoms with van der Waals surface area (Å²) in [5.41, 5.74) is 1.66. The van der Waals surface area contributed by atoms with E-state index in [4.69, 9.17) is 0 Å². The second-order valence-corrected chi connectivity index (χ2v) is 4.94. The van der Waals surface area contributed by atoms with E-state index in [9.17, 15) is 9.59 Å². The first-order chi connectivity index (χ1) is 8.66. The van der Waals surface area contributed by atoms with Crippen molar-refractivity contribution in [2.24, 2.45) is 0 Å². The van der Waals surface area contributed by atoms with Gasteiger partial charge in [0.05, 0.1) is 11.2 Å². The molecule has 1 aromatic heterocycles. The van der Waals surface area contributed by atoms with E-state index in [1.807, 2.05) is 24.4 Å². The number of urea groups is 1. The Balaban J connectivity index is 2.09. The Morgan fingerprint density at radius 3 is 2.83 bits per heavy atom. The lowest BCUT2D eigenvalue weighted by Crippen LogP contribution is -2.49. The lowest BCUT2D eigenvalue weighted by atomic mass is 10.2. The zero-order valence-electron chi connectivity index (χ0n) is 9.37. The minimum atomic E-state index is -0.371. The van der Waals surface area contributed by atoms with Crippen molar-refractivity contribution >= 4 is 44.5 Å². The number of carbonyl (C=O) groups excluding carboxylic acids is 2. The molecule has 6 heteroatoms. The fraction of sp³-hybridized carbons (Fsp3) is 0.167. The third kappa shape index (κ3) is 1.69. The van der Waals surface area contributed by atoms with Crippen molar-refractivity contribution in [2.75, 3.05) is 11.4 Å². The van der Waals surface area contributed by atoms with Crippen LogP contribution in [0.3, 0.4) is 0 Å². The van der Waals surface area contributed by atoms with Gasteiger partial charge in [-0.3, -0.25) is 15.0 Å². The molecular weight excluding hydrogens is 298 g/mol. The molecule has 92 valence electrons. The monoisotopic (exact) mass is 307 g/mol. The maximum atomic E-state index is 11.8. The van der Waals surface area contributed by atoms with Crippen LogP contribution in [0.15, 0.2) is 28.9 Å². The van der Waals surface area contributed by atoms with E-state index in [2.05, 4.69) is 26.2 Å². The summed E-state index contributed by atoms with van der Waals surface area (Å²) >= 11 is 3.47. The number of hydrogen-bond donors (Lipinski definition) is 2. The highest BCUT2D eigenvalue weighted by atomic mass is 79.9. The third-order valence-corrected chi connectivity index (χ3v) is 3.68. The van der Waals surface area contributed by atoms with Gasteiger partial charge in [-0.2, -0.15) is 0 Å². The standard InChI is InChI=1S/C12H10BrN3O2/c13-8-1-2-9(11-7(8)3-5-14-11)16-6-4-10(17)15-12(16)18/h1-3,5,14H,4,6H2,(H,15,17,18). The molecule has 0 radical (unpaired) electrons. The van der Waals surface area contributed by atoms with Gasteiger partial charge in [0.1, 0.15) is 0 Å². The van der Waals surface area contributed by atoms with E-state index in [0.717, 1.165) is 21.1 Å². The second kappa shape index (κ2) is 4.13. The number of rotatable bonds is 1. The number of halogens is 1. The molecule has 1 aliphatic heterocycles. The van der Waals surface area contributed by atoms with Crippen LogP contribution in [0.2, 0.25) is 0 Å². The maximum absolute atomic E-state index is 11.8. The molecule has 0 aliphatic carbocycles. The van der Waals surface area contributed by atoms with Crippen LogP contribution in [0.5, 0.6) is 0 Å². The summed E-state index contributed by atoms with van der Waals surface area (Å²) in [5, 5.41) is 3.33. The van der Waals surface area contributed by atoms with Gasteiger partial charge >= 0.3 is 6.03 Å². The van der Waals surface area contributed by atoms with Gasteiger partial charge in [-0.1, -0.05) is 15.9 Å². The van der Waals surface area contributed by atoms with Gasteiger partial charge in [0, 0.05) is 29.0 Å². The van der Waals surface area contributed by atoms with Gasteiger partial charge in [0.2, 0.25) is 5.91 Å². The molecule has 0 saturated carbocycles. The Kier molecular flexibility index (Phi) is 2.59. The topological polar surface area (TPSA) is 65.2 Å². The zero-order chi connectivity index (χ0) is 12.7. The summed E-state index contributed by atoms with van der Waals surface area (Å²) < 4.78 is 0.969. The fourth-order valence-electron chi connectivity index (χ4n) is 2.12. The average molecular weight is 308 g/mol. The van der Waals surface area contributed by atoms with Crippen molar-refractivity contribution in [1.82, 2.24) is 10.3 Å². The molecule has 0 unspecified atom stereocenters. The highest BCUT2D eigenvalue weighted by Crippen LogP contribution is 2.32. The van der Waals surface area contributed by atoms with Gasteiger partial charge in [-0.05, 0) is 18.2 Å². The SMILES string of the molecule is O=C1CCN(c2ccc(Br)c3cc[nH]c23)C(=O)N1. The largest absolute Gasteiger partial charge is 0.359 e. The lowest BCUT2D eigenvalue weighted by molar-refractivity contribution is -0.120. The van der Waals surface area contributed by atoms with Crippen molar-refractivity contribution < 1.29 is 9.59 Å². The Morgan fingerprint density at radius 1 is 1.22 bits per heavy atom. The third-order valence-electron chi connectivity index (χ3n) is 2.99. The van der Waals surface area contributed by atoms with Crippen LogP contribution in [-0.2, 0) is 4.79 Å². The zero-order valence-corrected chi connectivity index (χ0v) is 11.0. The van der Waals surface area contributed by atoms with E-state index in [1.54, 1.807) is 4.90 Å². The van der Waals surface area contributed by atoms with Crippen LogP contribution in [0.1, 0.15) is 6.42 Å². The molecule has 1 aliphatic rings. The van der Waals surface area contributed by atoms with Gasteiger partial charge in [0.25, 0.3) is 0 Å². The molecule has 3 amide bonds. The smallest absolute Gasteiger partial charge is 0.328 e. The Labute approximate surface area is 111 Å². The molecule has 2 heterocycles. The molecular formula is C12H10BrN3O2. The molecule has 1 fully saturated rings. The minimum Gasteiger partial charge on any atom is -0.359 e. The summed E-state index contributed by atoms with van der Waals surface area (Å²) in [6, 6.07) is 5.33. The Hall–Kier alpha value is -1.82. The van der Waals surface area contributed by atoms with Crippen molar-refractivity contribution in [3.8, 4) is 0 Å². The number of anilines is 1. The number of aromatic amines is 1. The minimum absolute atomic E-state index is 0.226. The number of carbonyl (C=O) groups is 2. The van der Waals surface area contributed by atoms with E-state index in [0.29, 0.717) is 13.0 Å². The van der Waals surface area contributed by atoms with Crippen LogP contribution < -0.4 is 10.2 Å². The molecule has 18 heavy (non-hydrogen) atoms. The molecule has 5 nitrogen and oxygen atoms in total. The molecule has 3 rings (SSSR count). The van der Waals surface area contributed by atoms with Gasteiger partial charge < -0.3 is 4.98 Å². The van der Waals surface area contributed by atoms with Crippen molar-refractivity contribution in [2.45, 2.75) is 6.42 Å². The maximum Gasteiger partial charge on any atom is 0.328 e. The first kappa shape index (κ1) is 11.3. The first-order valence-corrected chi connectivity index (χ1v) is 6.33. The van der Waals surface area contributed by atoms with Gasteiger partial charge in [-0.25, -0.2) is 4.79 Å². The molecule has 0 bridgehead atoms. The number of hydrogen-bond acceptors (Lipinski definition) is 2. The van der Waals surface area contributed by atoms with Crippen LogP contribution in [0, 0.1) is 0 Å². The molecule has 0 atom stereocenters. The number of H-pyrrole nitrogens is 1.